The monoisotopic (exact) mass is 338 g/mol. The van der Waals surface area contributed by atoms with Gasteiger partial charge in [0.15, 0.2) is 6.10 Å². The van der Waals surface area contributed by atoms with E-state index in [4.69, 9.17) is 10.2 Å². The summed E-state index contributed by atoms with van der Waals surface area (Å²) in [6.45, 7) is 0. The van der Waals surface area contributed by atoms with Gasteiger partial charge in [0.25, 0.3) is 0 Å². The average Bonchev–Trinajstić information content (AvgIpc) is 2.13. The van der Waals surface area contributed by atoms with Crippen LogP contribution in [-0.2, 0) is 11.2 Å². The van der Waals surface area contributed by atoms with E-state index in [1.165, 1.54) is 0 Å². The van der Waals surface area contributed by atoms with Crippen molar-refractivity contribution in [2.45, 2.75) is 12.5 Å². The van der Waals surface area contributed by atoms with E-state index in [9.17, 15) is 9.90 Å². The second-order valence-electron chi connectivity index (χ2n) is 2.97. The van der Waals surface area contributed by atoms with Crippen LogP contribution >= 0.6 is 31.9 Å². The molecule has 1 atom stereocenters. The number of halogens is 2. The Bertz CT molecular complexity index is 369. The Morgan fingerprint density at radius 1 is 1.33 bits per heavy atom. The summed E-state index contributed by atoms with van der Waals surface area (Å²) < 4.78 is 0.897. The number of aliphatic hydroxyl groups excluding tert-OH is 1. The summed E-state index contributed by atoms with van der Waals surface area (Å²) in [7, 11) is 0. The second kappa shape index (κ2) is 4.96. The summed E-state index contributed by atoms with van der Waals surface area (Å²) in [5, 5.41) is 27.1. The van der Waals surface area contributed by atoms with Crippen LogP contribution < -0.4 is 0 Å². The fourth-order valence-corrected chi connectivity index (χ4v) is 2.33. The third-order valence-electron chi connectivity index (χ3n) is 1.79. The van der Waals surface area contributed by atoms with Gasteiger partial charge in [-0.2, -0.15) is 0 Å². The minimum atomic E-state index is -1.44. The lowest BCUT2D eigenvalue weighted by Gasteiger charge is -2.08. The van der Waals surface area contributed by atoms with Gasteiger partial charge in [0.1, 0.15) is 5.75 Å². The van der Waals surface area contributed by atoms with Gasteiger partial charge in [-0.15, -0.1) is 0 Å². The minimum absolute atomic E-state index is 0.00713. The quantitative estimate of drug-likeness (QED) is 0.786. The Morgan fingerprint density at radius 3 is 2.20 bits per heavy atom. The molecule has 3 N–H and O–H groups in total. The number of rotatable bonds is 3. The highest BCUT2D eigenvalue weighted by Crippen LogP contribution is 2.33. The van der Waals surface area contributed by atoms with Gasteiger partial charge in [0, 0.05) is 6.42 Å². The van der Waals surface area contributed by atoms with Crippen molar-refractivity contribution < 1.29 is 20.1 Å². The molecule has 1 aromatic carbocycles. The van der Waals surface area contributed by atoms with Crippen molar-refractivity contribution in [1.82, 2.24) is 0 Å². The van der Waals surface area contributed by atoms with Crippen molar-refractivity contribution in [3.63, 3.8) is 0 Å². The molecule has 0 spiro atoms. The number of benzene rings is 1. The predicted octanol–water partition coefficient (Wildman–Crippen LogP) is 1.91. The highest BCUT2D eigenvalue weighted by atomic mass is 79.9. The summed E-state index contributed by atoms with van der Waals surface area (Å²) in [6.07, 6.45) is -1.44. The van der Waals surface area contributed by atoms with E-state index in [1.54, 1.807) is 12.1 Å². The first-order chi connectivity index (χ1) is 6.91. The average molecular weight is 340 g/mol. The van der Waals surface area contributed by atoms with Crippen molar-refractivity contribution in [2.24, 2.45) is 0 Å². The van der Waals surface area contributed by atoms with Crippen molar-refractivity contribution >= 4 is 37.8 Å². The number of aromatic hydroxyl groups is 1. The molecule has 6 heteroatoms. The van der Waals surface area contributed by atoms with Gasteiger partial charge < -0.3 is 15.3 Å². The molecule has 4 nitrogen and oxygen atoms in total. The number of carboxylic acids is 1. The standard InChI is InChI=1S/C9H8Br2O4/c10-5-1-4(2-6(11)8(5)13)3-7(12)9(14)15/h1-2,7,12-13H,3H2,(H,14,15)/t7-/m0/s1. The maximum atomic E-state index is 10.4. The number of phenolic OH excluding ortho intramolecular Hbond substituents is 1. The summed E-state index contributed by atoms with van der Waals surface area (Å²) >= 11 is 6.23. The number of aliphatic hydroxyl groups is 1. The molecular weight excluding hydrogens is 332 g/mol. The van der Waals surface area contributed by atoms with Crippen LogP contribution in [-0.4, -0.2) is 27.4 Å². The van der Waals surface area contributed by atoms with Crippen LogP contribution in [0.5, 0.6) is 5.75 Å². The van der Waals surface area contributed by atoms with Crippen molar-refractivity contribution in [2.75, 3.05) is 0 Å². The Hall–Kier alpha value is -0.590. The van der Waals surface area contributed by atoms with Gasteiger partial charge in [0.2, 0.25) is 0 Å². The molecule has 0 aliphatic carbocycles. The normalized spacial score (nSPS) is 12.5. The van der Waals surface area contributed by atoms with Crippen LogP contribution in [0, 0.1) is 0 Å². The Labute approximate surface area is 103 Å². The van der Waals surface area contributed by atoms with Crippen LogP contribution in [0.25, 0.3) is 0 Å². The highest BCUT2D eigenvalue weighted by Gasteiger charge is 2.15. The molecule has 0 aliphatic heterocycles. The first kappa shape index (κ1) is 12.5. The van der Waals surface area contributed by atoms with E-state index in [2.05, 4.69) is 31.9 Å². The minimum Gasteiger partial charge on any atom is -0.506 e. The highest BCUT2D eigenvalue weighted by molar-refractivity contribution is 9.11. The van der Waals surface area contributed by atoms with Gasteiger partial charge in [0.05, 0.1) is 8.95 Å². The molecule has 0 saturated carbocycles. The zero-order valence-corrected chi connectivity index (χ0v) is 10.6. The lowest BCUT2D eigenvalue weighted by molar-refractivity contribution is -0.146. The smallest absolute Gasteiger partial charge is 0.332 e. The fraction of sp³-hybridized carbons (Fsp3) is 0.222. The Morgan fingerprint density at radius 2 is 1.80 bits per heavy atom. The van der Waals surface area contributed by atoms with E-state index >= 15 is 0 Å². The Balaban J connectivity index is 2.92. The van der Waals surface area contributed by atoms with Crippen LogP contribution in [0.3, 0.4) is 0 Å². The van der Waals surface area contributed by atoms with Gasteiger partial charge in [-0.05, 0) is 49.6 Å². The molecule has 15 heavy (non-hydrogen) atoms. The topological polar surface area (TPSA) is 77.8 Å². The number of phenols is 1. The molecule has 0 amide bonds. The zero-order valence-electron chi connectivity index (χ0n) is 7.44. The zero-order chi connectivity index (χ0) is 11.6. The maximum Gasteiger partial charge on any atom is 0.332 e. The lowest BCUT2D eigenvalue weighted by atomic mass is 10.1. The first-order valence-electron chi connectivity index (χ1n) is 3.99. The van der Waals surface area contributed by atoms with Gasteiger partial charge >= 0.3 is 5.97 Å². The molecule has 0 unspecified atom stereocenters. The number of hydrogen-bond donors (Lipinski definition) is 3. The lowest BCUT2D eigenvalue weighted by Crippen LogP contribution is -2.21. The summed E-state index contributed by atoms with van der Waals surface area (Å²) in [6, 6.07) is 3.12. The third-order valence-corrected chi connectivity index (χ3v) is 3.00. The molecule has 0 aromatic heterocycles. The number of carbonyl (C=O) groups is 1. The molecule has 0 radical (unpaired) electrons. The maximum absolute atomic E-state index is 10.4. The Kier molecular flexibility index (Phi) is 4.12. The molecule has 0 saturated heterocycles. The van der Waals surface area contributed by atoms with Crippen molar-refractivity contribution in [3.8, 4) is 5.75 Å². The van der Waals surface area contributed by atoms with Gasteiger partial charge in [-0.25, -0.2) is 4.79 Å². The summed E-state index contributed by atoms with van der Waals surface area (Å²) in [5.41, 5.74) is 0.612. The number of hydrogen-bond acceptors (Lipinski definition) is 3. The van der Waals surface area contributed by atoms with E-state index in [0.717, 1.165) is 0 Å². The molecule has 1 rings (SSSR count). The SMILES string of the molecule is O=C(O)[C@@H](O)Cc1cc(Br)c(O)c(Br)c1. The van der Waals surface area contributed by atoms with Crippen molar-refractivity contribution in [3.05, 3.63) is 26.6 Å². The third kappa shape index (κ3) is 3.19. The van der Waals surface area contributed by atoms with Gasteiger partial charge in [-0.3, -0.25) is 0 Å². The summed E-state index contributed by atoms with van der Waals surface area (Å²) in [4.78, 5) is 10.4. The van der Waals surface area contributed by atoms with E-state index < -0.39 is 12.1 Å². The predicted molar refractivity (Wildman–Crippen MR) is 60.9 cm³/mol. The fourth-order valence-electron chi connectivity index (χ4n) is 1.05. The van der Waals surface area contributed by atoms with E-state index in [1.807, 2.05) is 0 Å². The molecule has 0 fully saturated rings. The van der Waals surface area contributed by atoms with Crippen LogP contribution in [0.1, 0.15) is 5.56 Å². The molecule has 82 valence electrons. The molecule has 1 aromatic rings. The molecule has 0 heterocycles. The summed E-state index contributed by atoms with van der Waals surface area (Å²) in [5.74, 6) is -1.22. The van der Waals surface area contributed by atoms with E-state index in [0.29, 0.717) is 14.5 Å². The van der Waals surface area contributed by atoms with Crippen LogP contribution in [0.15, 0.2) is 21.1 Å². The van der Waals surface area contributed by atoms with Crippen molar-refractivity contribution in [1.29, 1.82) is 0 Å². The molecule has 0 aliphatic rings. The second-order valence-corrected chi connectivity index (χ2v) is 4.67. The number of aliphatic carboxylic acids is 1. The molecule has 0 bridgehead atoms. The first-order valence-corrected chi connectivity index (χ1v) is 5.58. The number of carboxylic acid groups (broad SMARTS) is 1. The van der Waals surface area contributed by atoms with Crippen LogP contribution in [0.2, 0.25) is 0 Å². The van der Waals surface area contributed by atoms with Crippen LogP contribution in [0.4, 0.5) is 0 Å². The largest absolute Gasteiger partial charge is 0.506 e. The van der Waals surface area contributed by atoms with Gasteiger partial charge in [-0.1, -0.05) is 0 Å². The van der Waals surface area contributed by atoms with E-state index in [-0.39, 0.29) is 12.2 Å². The molecular formula is C9H8Br2O4.